The zero-order valence-electron chi connectivity index (χ0n) is 13.6. The van der Waals surface area contributed by atoms with Gasteiger partial charge in [0, 0.05) is 38.8 Å². The van der Waals surface area contributed by atoms with Gasteiger partial charge in [0.25, 0.3) is 0 Å². The average molecular weight is 314 g/mol. The number of carbonyl (C=O) groups excluding carboxylic acids is 1. The fraction of sp³-hybridized carbons (Fsp3) is 0.471. The number of pyridine rings is 1. The summed E-state index contributed by atoms with van der Waals surface area (Å²) in [5, 5.41) is 4.21. The van der Waals surface area contributed by atoms with Crippen LogP contribution < -0.4 is 0 Å². The van der Waals surface area contributed by atoms with Crippen molar-refractivity contribution in [2.75, 3.05) is 13.7 Å². The molecule has 1 saturated heterocycles. The quantitative estimate of drug-likeness (QED) is 0.832. The summed E-state index contributed by atoms with van der Waals surface area (Å²) in [6.07, 6.45) is 7.61. The van der Waals surface area contributed by atoms with Crippen LogP contribution in [0.15, 0.2) is 36.8 Å². The first kappa shape index (κ1) is 15.7. The molecule has 2 aromatic heterocycles. The van der Waals surface area contributed by atoms with Crippen molar-refractivity contribution in [1.29, 1.82) is 0 Å². The molecule has 1 aliphatic heterocycles. The van der Waals surface area contributed by atoms with Crippen molar-refractivity contribution < 1.29 is 9.53 Å². The topological polar surface area (TPSA) is 60.2 Å². The Hall–Kier alpha value is -2.21. The van der Waals surface area contributed by atoms with E-state index in [9.17, 15) is 4.79 Å². The fourth-order valence-electron chi connectivity index (χ4n) is 3.23. The van der Waals surface area contributed by atoms with Crippen molar-refractivity contribution in [2.24, 2.45) is 7.05 Å². The lowest BCUT2D eigenvalue weighted by molar-refractivity contribution is -0.132. The molecule has 0 bridgehead atoms. The summed E-state index contributed by atoms with van der Waals surface area (Å²) in [5.74, 6) is 0.108. The van der Waals surface area contributed by atoms with Gasteiger partial charge < -0.3 is 9.64 Å². The largest absolute Gasteiger partial charge is 0.379 e. The summed E-state index contributed by atoms with van der Waals surface area (Å²) in [7, 11) is 3.61. The molecule has 6 nitrogen and oxygen atoms in total. The predicted molar refractivity (Wildman–Crippen MR) is 85.8 cm³/mol. The molecule has 2 atom stereocenters. The van der Waals surface area contributed by atoms with Crippen molar-refractivity contribution >= 4 is 5.91 Å². The number of aromatic nitrogens is 3. The molecule has 0 unspecified atom stereocenters. The van der Waals surface area contributed by atoms with E-state index in [4.69, 9.17) is 4.74 Å². The molecular weight excluding hydrogens is 292 g/mol. The second-order valence-corrected chi connectivity index (χ2v) is 5.94. The van der Waals surface area contributed by atoms with Crippen LogP contribution in [0.2, 0.25) is 0 Å². The zero-order chi connectivity index (χ0) is 16.2. The highest BCUT2D eigenvalue weighted by molar-refractivity contribution is 5.79. The maximum Gasteiger partial charge on any atom is 0.228 e. The Morgan fingerprint density at radius 3 is 2.96 bits per heavy atom. The molecule has 3 rings (SSSR count). The molecule has 3 heterocycles. The maximum absolute atomic E-state index is 12.7. The van der Waals surface area contributed by atoms with Gasteiger partial charge >= 0.3 is 0 Å². The van der Waals surface area contributed by atoms with E-state index in [2.05, 4.69) is 10.1 Å². The second kappa shape index (κ2) is 6.91. The number of ether oxygens (including phenoxy) is 1. The second-order valence-electron chi connectivity index (χ2n) is 5.94. The van der Waals surface area contributed by atoms with Crippen molar-refractivity contribution in [3.05, 3.63) is 48.0 Å². The van der Waals surface area contributed by atoms with Crippen LogP contribution >= 0.6 is 0 Å². The van der Waals surface area contributed by atoms with E-state index in [1.165, 1.54) is 0 Å². The van der Waals surface area contributed by atoms with E-state index in [1.54, 1.807) is 18.0 Å². The molecule has 0 radical (unpaired) electrons. The van der Waals surface area contributed by atoms with Crippen molar-refractivity contribution in [1.82, 2.24) is 19.7 Å². The molecule has 0 N–H and O–H groups in total. The van der Waals surface area contributed by atoms with Gasteiger partial charge in [-0.2, -0.15) is 5.10 Å². The lowest BCUT2D eigenvalue weighted by Gasteiger charge is -2.27. The zero-order valence-corrected chi connectivity index (χ0v) is 13.6. The highest BCUT2D eigenvalue weighted by Crippen LogP contribution is 2.24. The minimum atomic E-state index is 0.0559. The number of nitrogens with zero attached hydrogens (tertiary/aromatic N) is 4. The number of carbonyl (C=O) groups is 1. The van der Waals surface area contributed by atoms with Gasteiger partial charge in [-0.15, -0.1) is 0 Å². The van der Waals surface area contributed by atoms with Crippen LogP contribution in [0.1, 0.15) is 17.7 Å². The maximum atomic E-state index is 12.7. The van der Waals surface area contributed by atoms with E-state index >= 15 is 0 Å². The molecule has 2 aromatic rings. The first-order chi connectivity index (χ1) is 11.2. The number of hydrogen-bond donors (Lipinski definition) is 0. The number of hydrogen-bond acceptors (Lipinski definition) is 4. The van der Waals surface area contributed by atoms with E-state index in [0.29, 0.717) is 6.42 Å². The van der Waals surface area contributed by atoms with Crippen molar-refractivity contribution in [3.8, 4) is 0 Å². The first-order valence-electron chi connectivity index (χ1n) is 7.87. The lowest BCUT2D eigenvalue weighted by Crippen LogP contribution is -2.42. The molecule has 6 heteroatoms. The molecule has 23 heavy (non-hydrogen) atoms. The third-order valence-corrected chi connectivity index (χ3v) is 4.37. The van der Waals surface area contributed by atoms with Crippen molar-refractivity contribution in [3.63, 3.8) is 0 Å². The molecule has 0 spiro atoms. The number of likely N-dealkylation sites (tertiary alicyclic amines) is 1. The van der Waals surface area contributed by atoms with E-state index in [1.807, 2.05) is 42.5 Å². The molecule has 1 amide bonds. The van der Waals surface area contributed by atoms with Gasteiger partial charge in [0.15, 0.2) is 0 Å². The third kappa shape index (κ3) is 3.59. The highest BCUT2D eigenvalue weighted by atomic mass is 16.5. The summed E-state index contributed by atoms with van der Waals surface area (Å²) >= 11 is 0. The molecule has 0 aliphatic carbocycles. The Kier molecular flexibility index (Phi) is 4.71. The number of amides is 1. The molecule has 1 fully saturated rings. The van der Waals surface area contributed by atoms with Gasteiger partial charge in [-0.25, -0.2) is 0 Å². The minimum Gasteiger partial charge on any atom is -0.379 e. The highest BCUT2D eigenvalue weighted by Gasteiger charge is 2.37. The van der Waals surface area contributed by atoms with Crippen LogP contribution in [-0.4, -0.2) is 51.4 Å². The number of methoxy groups -OCH3 is 1. The minimum absolute atomic E-state index is 0.0559. The first-order valence-corrected chi connectivity index (χ1v) is 7.87. The Balaban J connectivity index is 1.72. The Bertz CT molecular complexity index is 656. The Morgan fingerprint density at radius 2 is 2.30 bits per heavy atom. The summed E-state index contributed by atoms with van der Waals surface area (Å²) in [4.78, 5) is 18.9. The van der Waals surface area contributed by atoms with Gasteiger partial charge in [-0.1, -0.05) is 6.07 Å². The summed E-state index contributed by atoms with van der Waals surface area (Å²) in [6, 6.07) is 5.71. The standard InChI is InChI=1S/C17H22N4O2/c1-20-12-13(11-19-20)9-15-16(23-2)6-8-21(15)17(22)10-14-5-3-4-7-18-14/h3-5,7,11-12,15-16H,6,8-10H2,1-2H3/t15-,16+/m0/s1. The van der Waals surface area contributed by atoms with Crippen LogP contribution in [-0.2, 0) is 29.4 Å². The molecule has 0 saturated carbocycles. The monoisotopic (exact) mass is 314 g/mol. The van der Waals surface area contributed by atoms with Crippen LogP contribution in [0.3, 0.4) is 0 Å². The van der Waals surface area contributed by atoms with Crippen LogP contribution in [0.5, 0.6) is 0 Å². The molecule has 1 aliphatic rings. The average Bonchev–Trinajstić information content (AvgIpc) is 3.15. The Morgan fingerprint density at radius 1 is 1.43 bits per heavy atom. The third-order valence-electron chi connectivity index (χ3n) is 4.37. The van der Waals surface area contributed by atoms with Gasteiger partial charge in [0.1, 0.15) is 0 Å². The van der Waals surface area contributed by atoms with Crippen LogP contribution in [0, 0.1) is 0 Å². The number of rotatable bonds is 5. The van der Waals surface area contributed by atoms with Gasteiger partial charge in [-0.05, 0) is 30.5 Å². The molecule has 122 valence electrons. The lowest BCUT2D eigenvalue weighted by atomic mass is 10.0. The fourth-order valence-corrected chi connectivity index (χ4v) is 3.23. The van der Waals surface area contributed by atoms with Gasteiger partial charge in [0.05, 0.1) is 24.8 Å². The normalized spacial score (nSPS) is 20.9. The summed E-state index contributed by atoms with van der Waals surface area (Å²) in [6.45, 7) is 0.731. The predicted octanol–water partition coefficient (Wildman–Crippen LogP) is 1.22. The SMILES string of the molecule is CO[C@@H]1CCN(C(=O)Cc2ccccn2)[C@H]1Cc1cnn(C)c1. The molecule has 0 aromatic carbocycles. The van der Waals surface area contributed by atoms with E-state index in [0.717, 1.165) is 30.6 Å². The summed E-state index contributed by atoms with van der Waals surface area (Å²) in [5.41, 5.74) is 1.93. The van der Waals surface area contributed by atoms with E-state index < -0.39 is 0 Å². The molecular formula is C17H22N4O2. The van der Waals surface area contributed by atoms with E-state index in [-0.39, 0.29) is 18.1 Å². The van der Waals surface area contributed by atoms with Gasteiger partial charge in [-0.3, -0.25) is 14.5 Å². The van der Waals surface area contributed by atoms with Crippen molar-refractivity contribution in [2.45, 2.75) is 31.4 Å². The van der Waals surface area contributed by atoms with Crippen LogP contribution in [0.4, 0.5) is 0 Å². The number of aryl methyl sites for hydroxylation is 1. The van der Waals surface area contributed by atoms with Gasteiger partial charge in [0.2, 0.25) is 5.91 Å². The summed E-state index contributed by atoms with van der Waals surface area (Å²) < 4.78 is 7.38. The smallest absolute Gasteiger partial charge is 0.228 e. The Labute approximate surface area is 136 Å². The van der Waals surface area contributed by atoms with Crippen LogP contribution in [0.25, 0.3) is 0 Å².